The number of carbonyl (C=O) groups is 2. The molecule has 0 saturated heterocycles. The molecule has 2 amide bonds. The van der Waals surface area contributed by atoms with Crippen LogP contribution in [0.1, 0.15) is 33.6 Å². The van der Waals surface area contributed by atoms with E-state index in [1.54, 1.807) is 34.9 Å². The van der Waals surface area contributed by atoms with Gasteiger partial charge in [-0.15, -0.1) is 0 Å². The van der Waals surface area contributed by atoms with Gasteiger partial charge in [-0.05, 0) is 31.2 Å². The molecule has 0 radical (unpaired) electrons. The molecule has 3 aromatic rings. The molecule has 0 aliphatic carbocycles. The van der Waals surface area contributed by atoms with Crippen LogP contribution in [0, 0.1) is 0 Å². The second-order valence-electron chi connectivity index (χ2n) is 7.00. The summed E-state index contributed by atoms with van der Waals surface area (Å²) in [6.45, 7) is 0.825. The number of hydrogen-bond donors (Lipinski definition) is 0. The van der Waals surface area contributed by atoms with Crippen LogP contribution in [-0.4, -0.2) is 39.1 Å². The number of hydrogen-bond acceptors (Lipinski definition) is 5. The van der Waals surface area contributed by atoms with Crippen LogP contribution in [0.5, 0.6) is 0 Å². The van der Waals surface area contributed by atoms with Crippen molar-refractivity contribution in [3.8, 4) is 11.3 Å². The Morgan fingerprint density at radius 3 is 2.07 bits per heavy atom. The van der Waals surface area contributed by atoms with Gasteiger partial charge in [0.2, 0.25) is 0 Å². The minimum Gasteiger partial charge on any atom is -0.288 e. The number of nitrogens with zero attached hydrogens (tertiary/aromatic N) is 3. The van der Waals surface area contributed by atoms with Crippen molar-refractivity contribution in [2.75, 3.05) is 12.8 Å². The first-order chi connectivity index (χ1) is 14.6. The molecule has 4 rings (SSSR count). The van der Waals surface area contributed by atoms with Gasteiger partial charge in [0.25, 0.3) is 17.4 Å². The molecule has 1 aliphatic rings. The van der Waals surface area contributed by atoms with Crippen LogP contribution in [0.25, 0.3) is 11.3 Å². The van der Waals surface area contributed by atoms with Crippen molar-refractivity contribution in [2.24, 2.45) is 0 Å². The molecule has 152 valence electrons. The van der Waals surface area contributed by atoms with E-state index in [1.165, 1.54) is 16.7 Å². The van der Waals surface area contributed by atoms with E-state index >= 15 is 0 Å². The summed E-state index contributed by atoms with van der Waals surface area (Å²) in [6, 6.07) is 18.1. The van der Waals surface area contributed by atoms with E-state index in [9.17, 15) is 14.4 Å². The highest BCUT2D eigenvalue weighted by Gasteiger charge is 2.34. The molecular formula is C23H21N3O3S. The van der Waals surface area contributed by atoms with Gasteiger partial charge in [0.15, 0.2) is 5.16 Å². The molecule has 0 bridgehead atoms. The van der Waals surface area contributed by atoms with Crippen LogP contribution < -0.4 is 5.56 Å². The van der Waals surface area contributed by atoms with Crippen LogP contribution in [0.2, 0.25) is 0 Å². The van der Waals surface area contributed by atoms with Crippen molar-refractivity contribution < 1.29 is 9.59 Å². The van der Waals surface area contributed by atoms with Gasteiger partial charge in [-0.25, -0.2) is 4.98 Å². The van der Waals surface area contributed by atoms with Gasteiger partial charge >= 0.3 is 0 Å². The lowest BCUT2D eigenvalue weighted by atomic mass is 10.1. The Labute approximate surface area is 178 Å². The molecule has 7 heteroatoms. The summed E-state index contributed by atoms with van der Waals surface area (Å²) in [7, 11) is 0. The Kier molecular flexibility index (Phi) is 5.81. The first kappa shape index (κ1) is 20.1. The molecule has 0 N–H and O–H groups in total. The standard InChI is InChI=1S/C23H21N3O3S/c1-30-23-24-19(16-9-3-2-4-10-16)15-20(27)25(23)13-7-8-14-26-21(28)17-11-5-6-12-18(17)22(26)29/h2-6,9-12,15H,7-8,13-14H2,1H3. The SMILES string of the molecule is CSc1nc(-c2ccccc2)cc(=O)n1CCCCN1C(=O)c2ccccc2C1=O. The summed E-state index contributed by atoms with van der Waals surface area (Å²) in [5.41, 5.74) is 2.39. The minimum atomic E-state index is -0.244. The van der Waals surface area contributed by atoms with E-state index in [0.717, 1.165) is 5.56 Å². The number of benzene rings is 2. The van der Waals surface area contributed by atoms with E-state index in [-0.39, 0.29) is 17.4 Å². The van der Waals surface area contributed by atoms with Crippen LogP contribution >= 0.6 is 11.8 Å². The molecule has 0 saturated carbocycles. The van der Waals surface area contributed by atoms with Crippen LogP contribution in [0.15, 0.2) is 70.6 Å². The summed E-state index contributed by atoms with van der Waals surface area (Å²) in [4.78, 5) is 43.5. The van der Waals surface area contributed by atoms with Crippen molar-refractivity contribution in [1.29, 1.82) is 0 Å². The Bertz CT molecular complexity index is 1120. The normalized spacial score (nSPS) is 13.0. The average molecular weight is 420 g/mol. The number of amides is 2. The molecule has 30 heavy (non-hydrogen) atoms. The number of unbranched alkanes of at least 4 members (excludes halogenated alkanes) is 1. The van der Waals surface area contributed by atoms with Gasteiger partial charge in [0.1, 0.15) is 0 Å². The van der Waals surface area contributed by atoms with E-state index in [4.69, 9.17) is 0 Å². The lowest BCUT2D eigenvalue weighted by Crippen LogP contribution is -2.31. The zero-order chi connectivity index (χ0) is 21.1. The molecule has 0 fully saturated rings. The summed E-state index contributed by atoms with van der Waals surface area (Å²) in [5.74, 6) is -0.488. The molecule has 6 nitrogen and oxygen atoms in total. The lowest BCUT2D eigenvalue weighted by Gasteiger charge is -2.15. The van der Waals surface area contributed by atoms with Crippen molar-refractivity contribution in [2.45, 2.75) is 24.5 Å². The highest BCUT2D eigenvalue weighted by atomic mass is 32.2. The van der Waals surface area contributed by atoms with Crippen molar-refractivity contribution >= 4 is 23.6 Å². The van der Waals surface area contributed by atoms with Gasteiger partial charge in [-0.3, -0.25) is 23.9 Å². The zero-order valence-corrected chi connectivity index (χ0v) is 17.4. The maximum Gasteiger partial charge on any atom is 0.261 e. The van der Waals surface area contributed by atoms with E-state index < -0.39 is 0 Å². The second kappa shape index (κ2) is 8.67. The Hall–Kier alpha value is -3.19. The highest BCUT2D eigenvalue weighted by Crippen LogP contribution is 2.23. The van der Waals surface area contributed by atoms with E-state index in [1.807, 2.05) is 36.6 Å². The van der Waals surface area contributed by atoms with Crippen LogP contribution in [0.4, 0.5) is 0 Å². The molecule has 2 aromatic carbocycles. The number of aromatic nitrogens is 2. The summed E-state index contributed by atoms with van der Waals surface area (Å²) in [5, 5.41) is 0.655. The average Bonchev–Trinajstić information content (AvgIpc) is 3.02. The minimum absolute atomic E-state index is 0.103. The second-order valence-corrected chi connectivity index (χ2v) is 7.77. The number of carbonyl (C=O) groups excluding carboxylic acids is 2. The van der Waals surface area contributed by atoms with Gasteiger partial charge < -0.3 is 0 Å². The molecule has 0 unspecified atom stereocenters. The quantitative estimate of drug-likeness (QED) is 0.253. The number of fused-ring (bicyclic) bond motifs is 1. The third-order valence-corrected chi connectivity index (χ3v) is 5.79. The fraction of sp³-hybridized carbons (Fsp3) is 0.217. The van der Waals surface area contributed by atoms with Gasteiger partial charge in [-0.2, -0.15) is 0 Å². The monoisotopic (exact) mass is 419 g/mol. The smallest absolute Gasteiger partial charge is 0.261 e. The number of thioether (sulfide) groups is 1. The molecular weight excluding hydrogens is 398 g/mol. The summed E-state index contributed by atoms with van der Waals surface area (Å²) >= 11 is 1.43. The fourth-order valence-electron chi connectivity index (χ4n) is 3.59. The molecule has 1 aliphatic heterocycles. The van der Waals surface area contributed by atoms with Crippen molar-refractivity contribution in [3.63, 3.8) is 0 Å². The maximum absolute atomic E-state index is 12.7. The summed E-state index contributed by atoms with van der Waals surface area (Å²) < 4.78 is 1.65. The zero-order valence-electron chi connectivity index (χ0n) is 16.6. The molecule has 0 spiro atoms. The third kappa shape index (κ3) is 3.80. The van der Waals surface area contributed by atoms with E-state index in [0.29, 0.717) is 47.9 Å². The van der Waals surface area contributed by atoms with Crippen LogP contribution in [0.3, 0.4) is 0 Å². The molecule has 2 heterocycles. The van der Waals surface area contributed by atoms with Crippen molar-refractivity contribution in [1.82, 2.24) is 14.5 Å². The lowest BCUT2D eigenvalue weighted by molar-refractivity contribution is 0.0651. The predicted molar refractivity (Wildman–Crippen MR) is 117 cm³/mol. The Morgan fingerprint density at radius 1 is 0.833 bits per heavy atom. The van der Waals surface area contributed by atoms with E-state index in [2.05, 4.69) is 4.98 Å². The summed E-state index contributed by atoms with van der Waals surface area (Å²) in [6.07, 6.45) is 3.17. The third-order valence-electron chi connectivity index (χ3n) is 5.12. The topological polar surface area (TPSA) is 72.3 Å². The Morgan fingerprint density at radius 2 is 1.43 bits per heavy atom. The van der Waals surface area contributed by atoms with Gasteiger partial charge in [0.05, 0.1) is 16.8 Å². The number of rotatable bonds is 7. The van der Waals surface area contributed by atoms with Gasteiger partial charge in [-0.1, -0.05) is 54.2 Å². The van der Waals surface area contributed by atoms with Gasteiger partial charge in [0, 0.05) is 24.7 Å². The molecule has 0 atom stereocenters. The van der Waals surface area contributed by atoms with Crippen molar-refractivity contribution in [3.05, 3.63) is 82.1 Å². The highest BCUT2D eigenvalue weighted by molar-refractivity contribution is 7.98. The van der Waals surface area contributed by atoms with Crippen LogP contribution in [-0.2, 0) is 6.54 Å². The number of imide groups is 1. The maximum atomic E-state index is 12.7. The predicted octanol–water partition coefficient (Wildman–Crippen LogP) is 3.71. The molecule has 1 aromatic heterocycles. The first-order valence-electron chi connectivity index (χ1n) is 9.76. The fourth-order valence-corrected chi connectivity index (χ4v) is 4.18. The Balaban J connectivity index is 1.42. The first-order valence-corrected chi connectivity index (χ1v) is 11.0. The largest absolute Gasteiger partial charge is 0.288 e.